The molecule has 2 aliphatic rings. The van der Waals surface area contributed by atoms with Gasteiger partial charge in [0.25, 0.3) is 0 Å². The van der Waals surface area contributed by atoms with Crippen molar-refractivity contribution in [2.24, 2.45) is 11.8 Å². The quantitative estimate of drug-likeness (QED) is 0.873. The fourth-order valence-corrected chi connectivity index (χ4v) is 4.03. The second-order valence-electron chi connectivity index (χ2n) is 6.94. The summed E-state index contributed by atoms with van der Waals surface area (Å²) in [5.41, 5.74) is 0. The van der Waals surface area contributed by atoms with Gasteiger partial charge in [0.15, 0.2) is 0 Å². The van der Waals surface area contributed by atoms with Gasteiger partial charge in [-0.15, -0.1) is 10.2 Å². The number of aromatic nitrogens is 2. The highest BCUT2D eigenvalue weighted by atomic mass is 32.1. The zero-order valence-electron chi connectivity index (χ0n) is 14.3. The Hall–Kier alpha value is -1.70. The zero-order chi connectivity index (χ0) is 17.1. The second kappa shape index (κ2) is 7.46. The summed E-state index contributed by atoms with van der Waals surface area (Å²) in [4.78, 5) is 28.0. The molecule has 0 radical (unpaired) electrons. The Morgan fingerprint density at radius 2 is 2.08 bits per heavy atom. The van der Waals surface area contributed by atoms with E-state index in [1.165, 1.54) is 11.3 Å². The normalized spacial score (nSPS) is 21.6. The van der Waals surface area contributed by atoms with Crippen LogP contribution in [0, 0.1) is 11.8 Å². The fraction of sp³-hybridized carbons (Fsp3) is 0.750. The average Bonchev–Trinajstić information content (AvgIpc) is 3.21. The maximum atomic E-state index is 12.3. The molecule has 0 aliphatic carbocycles. The van der Waals surface area contributed by atoms with Gasteiger partial charge >= 0.3 is 0 Å². The number of hydrogen-bond acceptors (Lipinski definition) is 6. The summed E-state index contributed by atoms with van der Waals surface area (Å²) in [6.07, 6.45) is 3.36. The van der Waals surface area contributed by atoms with Crippen molar-refractivity contribution < 1.29 is 9.59 Å². The molecule has 8 heteroatoms. The van der Waals surface area contributed by atoms with Crippen LogP contribution in [0.2, 0.25) is 0 Å². The molecule has 0 saturated carbocycles. The van der Waals surface area contributed by atoms with Crippen LogP contribution in [-0.4, -0.2) is 48.2 Å². The number of nitrogens with one attached hydrogen (secondary N) is 1. The Bertz CT molecular complexity index is 603. The van der Waals surface area contributed by atoms with Crippen LogP contribution in [0.1, 0.15) is 39.5 Å². The van der Waals surface area contributed by atoms with Crippen molar-refractivity contribution in [2.75, 3.05) is 36.0 Å². The molecule has 1 aromatic rings. The first-order chi connectivity index (χ1) is 11.5. The molecule has 24 heavy (non-hydrogen) atoms. The Morgan fingerprint density at radius 3 is 2.79 bits per heavy atom. The van der Waals surface area contributed by atoms with Gasteiger partial charge in [0.2, 0.25) is 22.1 Å². The molecule has 2 fully saturated rings. The summed E-state index contributed by atoms with van der Waals surface area (Å²) < 4.78 is 0. The topological polar surface area (TPSA) is 78.4 Å². The Labute approximate surface area is 146 Å². The van der Waals surface area contributed by atoms with E-state index >= 15 is 0 Å². The van der Waals surface area contributed by atoms with Crippen LogP contribution < -0.4 is 15.1 Å². The van der Waals surface area contributed by atoms with Crippen molar-refractivity contribution in [3.05, 3.63) is 0 Å². The third-order valence-electron chi connectivity index (χ3n) is 4.46. The van der Waals surface area contributed by atoms with E-state index in [-0.39, 0.29) is 17.7 Å². The molecule has 0 bridgehead atoms. The highest BCUT2D eigenvalue weighted by Gasteiger charge is 2.29. The average molecular weight is 351 g/mol. The van der Waals surface area contributed by atoms with Crippen molar-refractivity contribution in [3.8, 4) is 0 Å². The number of piperidine rings is 1. The number of carbonyl (C=O) groups excluding carboxylic acids is 2. The Kier molecular flexibility index (Phi) is 5.33. The van der Waals surface area contributed by atoms with Crippen molar-refractivity contribution >= 4 is 33.4 Å². The van der Waals surface area contributed by atoms with Crippen LogP contribution in [0.3, 0.4) is 0 Å². The largest absolute Gasteiger partial charge is 0.356 e. The minimum Gasteiger partial charge on any atom is -0.356 e. The molecule has 1 aromatic heterocycles. The number of rotatable bonds is 5. The molecule has 1 unspecified atom stereocenters. The highest BCUT2D eigenvalue weighted by Crippen LogP contribution is 2.32. The van der Waals surface area contributed by atoms with Crippen LogP contribution in [-0.2, 0) is 9.59 Å². The first-order valence-electron chi connectivity index (χ1n) is 8.71. The van der Waals surface area contributed by atoms with Crippen molar-refractivity contribution in [2.45, 2.75) is 39.5 Å². The van der Waals surface area contributed by atoms with E-state index in [9.17, 15) is 9.59 Å². The smallest absolute Gasteiger partial charge is 0.228 e. The molecule has 0 aromatic carbocycles. The lowest BCUT2D eigenvalue weighted by atomic mass is 9.97. The second-order valence-corrected chi connectivity index (χ2v) is 7.87. The minimum atomic E-state index is -0.00160. The summed E-state index contributed by atoms with van der Waals surface area (Å²) in [5.74, 6) is 0.714. The van der Waals surface area contributed by atoms with Gasteiger partial charge in [-0.25, -0.2) is 0 Å². The predicted molar refractivity (Wildman–Crippen MR) is 94.3 cm³/mol. The van der Waals surface area contributed by atoms with Gasteiger partial charge in [0.05, 0.1) is 5.92 Å². The van der Waals surface area contributed by atoms with Crippen LogP contribution in [0.5, 0.6) is 0 Å². The van der Waals surface area contributed by atoms with E-state index < -0.39 is 0 Å². The van der Waals surface area contributed by atoms with Crippen molar-refractivity contribution in [1.29, 1.82) is 0 Å². The Balaban J connectivity index is 1.61. The van der Waals surface area contributed by atoms with Gasteiger partial charge in [-0.05, 0) is 25.2 Å². The maximum Gasteiger partial charge on any atom is 0.228 e. The first kappa shape index (κ1) is 17.1. The van der Waals surface area contributed by atoms with Crippen molar-refractivity contribution in [3.63, 3.8) is 0 Å². The molecule has 3 rings (SSSR count). The van der Waals surface area contributed by atoms with Gasteiger partial charge in [-0.3, -0.25) is 14.5 Å². The molecule has 132 valence electrons. The van der Waals surface area contributed by atoms with Crippen LogP contribution >= 0.6 is 11.3 Å². The molecule has 2 aliphatic heterocycles. The third-order valence-corrected chi connectivity index (χ3v) is 5.46. The van der Waals surface area contributed by atoms with Crippen LogP contribution in [0.25, 0.3) is 0 Å². The van der Waals surface area contributed by atoms with Crippen molar-refractivity contribution in [1.82, 2.24) is 15.5 Å². The molecular formula is C16H25N5O2S. The molecular weight excluding hydrogens is 326 g/mol. The van der Waals surface area contributed by atoms with E-state index in [0.29, 0.717) is 24.0 Å². The zero-order valence-corrected chi connectivity index (χ0v) is 15.1. The van der Waals surface area contributed by atoms with E-state index in [0.717, 1.165) is 44.0 Å². The predicted octanol–water partition coefficient (Wildman–Crippen LogP) is 1.65. The first-order valence-corrected chi connectivity index (χ1v) is 9.52. The van der Waals surface area contributed by atoms with Crippen LogP contribution in [0.15, 0.2) is 0 Å². The molecule has 0 spiro atoms. The number of hydrogen-bond donors (Lipinski definition) is 1. The fourth-order valence-electron chi connectivity index (χ4n) is 3.11. The van der Waals surface area contributed by atoms with Crippen LogP contribution in [0.4, 0.5) is 10.3 Å². The standard InChI is InChI=1S/C16H25N5O2S/c1-11(2)9-17-14(23)12-5-3-7-20(10-12)15-18-19-16(24-15)21-8-4-6-13(21)22/h11-12H,3-10H2,1-2H3,(H,17,23). The SMILES string of the molecule is CC(C)CNC(=O)C1CCCN(c2nnc(N3CCCC3=O)s2)C1. The van der Waals surface area contributed by atoms with Gasteiger partial charge in [-0.2, -0.15) is 0 Å². The van der Waals surface area contributed by atoms with Gasteiger partial charge in [0.1, 0.15) is 0 Å². The molecule has 2 saturated heterocycles. The molecule has 2 amide bonds. The highest BCUT2D eigenvalue weighted by molar-refractivity contribution is 7.19. The lowest BCUT2D eigenvalue weighted by Crippen LogP contribution is -2.43. The number of anilines is 2. The lowest BCUT2D eigenvalue weighted by molar-refractivity contribution is -0.125. The number of carbonyl (C=O) groups is 2. The minimum absolute atomic E-state index is 0.00160. The summed E-state index contributed by atoms with van der Waals surface area (Å²) in [6, 6.07) is 0. The lowest BCUT2D eigenvalue weighted by Gasteiger charge is -2.31. The monoisotopic (exact) mass is 351 g/mol. The molecule has 1 N–H and O–H groups in total. The van der Waals surface area contributed by atoms with E-state index in [1.54, 1.807) is 4.90 Å². The van der Waals surface area contributed by atoms with E-state index in [4.69, 9.17) is 0 Å². The van der Waals surface area contributed by atoms with E-state index in [2.05, 4.69) is 34.3 Å². The van der Waals surface area contributed by atoms with Gasteiger partial charge < -0.3 is 10.2 Å². The molecule has 7 nitrogen and oxygen atoms in total. The van der Waals surface area contributed by atoms with E-state index in [1.807, 2.05) is 0 Å². The molecule has 3 heterocycles. The summed E-state index contributed by atoms with van der Waals surface area (Å²) in [5, 5.41) is 13.0. The number of amides is 2. The summed E-state index contributed by atoms with van der Waals surface area (Å²) in [6.45, 7) is 7.19. The number of nitrogens with zero attached hydrogens (tertiary/aromatic N) is 4. The van der Waals surface area contributed by atoms with Gasteiger partial charge in [0, 0.05) is 32.6 Å². The molecule has 1 atom stereocenters. The van der Waals surface area contributed by atoms with Gasteiger partial charge in [-0.1, -0.05) is 25.2 Å². The summed E-state index contributed by atoms with van der Waals surface area (Å²) >= 11 is 1.45. The maximum absolute atomic E-state index is 12.3. The summed E-state index contributed by atoms with van der Waals surface area (Å²) in [7, 11) is 0. The third kappa shape index (κ3) is 3.85. The Morgan fingerprint density at radius 1 is 1.29 bits per heavy atom.